The molecule has 8 nitrogen and oxygen atoms in total. The molecule has 0 amide bonds. The number of aromatic nitrogens is 2. The fourth-order valence-electron chi connectivity index (χ4n) is 2.48. The Hall–Kier alpha value is -3.86. The minimum atomic E-state index is -0.836. The predicted octanol–water partition coefficient (Wildman–Crippen LogP) is 0.327. The molecule has 0 saturated heterocycles. The van der Waals surface area contributed by atoms with Gasteiger partial charge in [-0.15, -0.1) is 0 Å². The van der Waals surface area contributed by atoms with E-state index in [2.05, 4.69) is 16.6 Å². The molecule has 0 atom stereocenters. The molecule has 5 N–H and O–H groups in total. The van der Waals surface area contributed by atoms with Crippen molar-refractivity contribution < 1.29 is 5.11 Å². The van der Waals surface area contributed by atoms with Crippen LogP contribution >= 0.6 is 0 Å². The van der Waals surface area contributed by atoms with Crippen LogP contribution in [0, 0.1) is 11.3 Å². The van der Waals surface area contributed by atoms with E-state index in [1.807, 2.05) is 11.1 Å². The molecule has 0 fully saturated rings. The topological polar surface area (TPSA) is 148 Å². The zero-order valence-electron chi connectivity index (χ0n) is 12.3. The normalized spacial score (nSPS) is 14.5. The van der Waals surface area contributed by atoms with Crippen molar-refractivity contribution in [2.75, 3.05) is 0 Å². The lowest BCUT2D eigenvalue weighted by molar-refractivity contribution is 0.447. The quantitative estimate of drug-likeness (QED) is 0.588. The Morgan fingerprint density at radius 2 is 1.92 bits per heavy atom. The summed E-state index contributed by atoms with van der Waals surface area (Å²) >= 11 is 0. The van der Waals surface area contributed by atoms with Gasteiger partial charge in [-0.3, -0.25) is 14.8 Å². The largest absolute Gasteiger partial charge is 0.494 e. The van der Waals surface area contributed by atoms with Crippen molar-refractivity contribution in [3.63, 3.8) is 0 Å². The van der Waals surface area contributed by atoms with E-state index in [4.69, 9.17) is 5.73 Å². The van der Waals surface area contributed by atoms with E-state index >= 15 is 0 Å². The molecule has 2 heterocycles. The lowest BCUT2D eigenvalue weighted by atomic mass is 9.99. The molecule has 3 rings (SSSR count). The fraction of sp³-hybridized carbons (Fsp3) is 0. The molecule has 0 spiro atoms. The summed E-state index contributed by atoms with van der Waals surface area (Å²) in [6.07, 6.45) is 0. The summed E-state index contributed by atoms with van der Waals surface area (Å²) in [5, 5.41) is 19.3. The molecular formula is C16H11N5O3. The third-order valence-electron chi connectivity index (χ3n) is 3.49. The second-order valence-electron chi connectivity index (χ2n) is 5.00. The molecule has 1 aromatic heterocycles. The van der Waals surface area contributed by atoms with Crippen LogP contribution in [0.15, 0.2) is 56.7 Å². The maximum Gasteiger partial charge on any atom is 0.328 e. The molecule has 0 bridgehead atoms. The first-order valence-electron chi connectivity index (χ1n) is 6.77. The number of H-pyrrole nitrogens is 2. The van der Waals surface area contributed by atoms with Gasteiger partial charge in [0.15, 0.2) is 0 Å². The van der Waals surface area contributed by atoms with Gasteiger partial charge in [-0.05, 0) is 0 Å². The maximum atomic E-state index is 12.1. The van der Waals surface area contributed by atoms with E-state index in [1.165, 1.54) is 0 Å². The van der Waals surface area contributed by atoms with E-state index in [0.29, 0.717) is 11.1 Å². The first-order chi connectivity index (χ1) is 11.4. The highest BCUT2D eigenvalue weighted by molar-refractivity contribution is 6.21. The molecule has 0 unspecified atom stereocenters. The third kappa shape index (κ3) is 2.21. The molecular weight excluding hydrogens is 310 g/mol. The number of benzene rings is 1. The van der Waals surface area contributed by atoms with Crippen LogP contribution in [0.2, 0.25) is 0 Å². The molecule has 0 saturated carbocycles. The highest BCUT2D eigenvalue weighted by Gasteiger charge is 2.28. The Morgan fingerprint density at radius 3 is 2.50 bits per heavy atom. The lowest BCUT2D eigenvalue weighted by Gasteiger charge is -2.04. The third-order valence-corrected chi connectivity index (χ3v) is 3.49. The number of hydrogen-bond acceptors (Lipinski definition) is 6. The van der Waals surface area contributed by atoms with Gasteiger partial charge < -0.3 is 10.8 Å². The van der Waals surface area contributed by atoms with Gasteiger partial charge >= 0.3 is 5.69 Å². The molecule has 1 aliphatic heterocycles. The van der Waals surface area contributed by atoms with Crippen molar-refractivity contribution in [2.45, 2.75) is 0 Å². The molecule has 1 aliphatic rings. The molecule has 24 heavy (non-hydrogen) atoms. The van der Waals surface area contributed by atoms with Crippen LogP contribution in [0.4, 0.5) is 0 Å². The first kappa shape index (κ1) is 15.1. The summed E-state index contributed by atoms with van der Waals surface area (Å²) in [7, 11) is 0. The van der Waals surface area contributed by atoms with Crippen molar-refractivity contribution in [1.82, 2.24) is 9.97 Å². The number of hydrogen-bond donors (Lipinski definition) is 4. The van der Waals surface area contributed by atoms with Gasteiger partial charge in [-0.2, -0.15) is 5.26 Å². The molecule has 2 aromatic rings. The van der Waals surface area contributed by atoms with Crippen molar-refractivity contribution in [3.8, 4) is 11.9 Å². The van der Waals surface area contributed by atoms with E-state index in [1.54, 1.807) is 24.3 Å². The van der Waals surface area contributed by atoms with Crippen molar-refractivity contribution in [3.05, 3.63) is 79.6 Å². The minimum absolute atomic E-state index is 0.0342. The Kier molecular flexibility index (Phi) is 3.39. The molecule has 0 aliphatic carbocycles. The monoisotopic (exact) mass is 321 g/mol. The number of nitriles is 1. The number of aliphatic imine (C=N–C) groups is 1. The average Bonchev–Trinajstić information content (AvgIpc) is 2.86. The Labute approximate surface area is 134 Å². The second-order valence-corrected chi connectivity index (χ2v) is 5.00. The molecule has 1 aromatic carbocycles. The number of fused-ring (bicyclic) bond motifs is 1. The fourth-order valence-corrected chi connectivity index (χ4v) is 2.48. The van der Waals surface area contributed by atoms with Gasteiger partial charge in [-0.25, -0.2) is 9.79 Å². The van der Waals surface area contributed by atoms with Gasteiger partial charge in [0.05, 0.1) is 11.4 Å². The van der Waals surface area contributed by atoms with Gasteiger partial charge in [0.1, 0.15) is 17.2 Å². The standard InChI is InChI=1S/C16H11N5O3/c1-7(18)10(6-17)12-8-4-2-3-5-9(8)13(19-12)11-14(22)20-16(24)21-15(11)23/h2-5H,1,18H2,(H3,20,21,22,23,24)/b12-10-. The molecule has 8 heteroatoms. The van der Waals surface area contributed by atoms with Crippen molar-refractivity contribution in [2.24, 2.45) is 10.7 Å². The Morgan fingerprint density at radius 1 is 1.25 bits per heavy atom. The maximum absolute atomic E-state index is 12.1. The number of allylic oxidation sites excluding steroid dienone is 1. The van der Waals surface area contributed by atoms with E-state index in [-0.39, 0.29) is 28.2 Å². The zero-order valence-corrected chi connectivity index (χ0v) is 12.3. The zero-order chi connectivity index (χ0) is 17.4. The minimum Gasteiger partial charge on any atom is -0.494 e. The predicted molar refractivity (Wildman–Crippen MR) is 87.3 cm³/mol. The number of aromatic amines is 2. The van der Waals surface area contributed by atoms with Crippen molar-refractivity contribution >= 4 is 11.4 Å². The molecule has 0 radical (unpaired) electrons. The van der Waals surface area contributed by atoms with Crippen LogP contribution in [0.5, 0.6) is 5.88 Å². The number of aromatic hydroxyl groups is 1. The van der Waals surface area contributed by atoms with E-state index in [9.17, 15) is 20.0 Å². The van der Waals surface area contributed by atoms with Crippen LogP contribution < -0.4 is 17.0 Å². The Balaban J connectivity index is 2.40. The summed E-state index contributed by atoms with van der Waals surface area (Å²) in [6.45, 7) is 3.55. The summed E-state index contributed by atoms with van der Waals surface area (Å²) in [4.78, 5) is 31.8. The first-order valence-corrected chi connectivity index (χ1v) is 6.77. The van der Waals surface area contributed by atoms with Gasteiger partial charge in [0.2, 0.25) is 5.88 Å². The highest BCUT2D eigenvalue weighted by atomic mass is 16.3. The SMILES string of the molecule is C=C(N)/C(C#N)=C1\N=C(c2c(O)[nH]c(=O)[nH]c2=O)c2ccccc21. The van der Waals surface area contributed by atoms with Gasteiger partial charge in [-0.1, -0.05) is 30.8 Å². The van der Waals surface area contributed by atoms with Crippen LogP contribution in [0.25, 0.3) is 5.70 Å². The second kappa shape index (κ2) is 5.40. The molecule has 118 valence electrons. The summed E-state index contributed by atoms with van der Waals surface area (Å²) in [6, 6.07) is 8.78. The van der Waals surface area contributed by atoms with Crippen LogP contribution in [-0.4, -0.2) is 20.8 Å². The highest BCUT2D eigenvalue weighted by Crippen LogP contribution is 2.34. The van der Waals surface area contributed by atoms with Gasteiger partial charge in [0.25, 0.3) is 5.56 Å². The summed E-state index contributed by atoms with van der Waals surface area (Å²) in [5.41, 5.74) is 5.38. The van der Waals surface area contributed by atoms with E-state index < -0.39 is 17.1 Å². The van der Waals surface area contributed by atoms with Gasteiger partial charge in [0, 0.05) is 16.8 Å². The number of rotatable bonds is 2. The average molecular weight is 321 g/mol. The number of nitrogens with zero attached hydrogens (tertiary/aromatic N) is 2. The summed E-state index contributed by atoms with van der Waals surface area (Å²) in [5.74, 6) is -0.608. The van der Waals surface area contributed by atoms with E-state index in [0.717, 1.165) is 0 Å². The summed E-state index contributed by atoms with van der Waals surface area (Å²) < 4.78 is 0. The number of nitrogens with two attached hydrogens (primary N) is 1. The smallest absolute Gasteiger partial charge is 0.328 e. The van der Waals surface area contributed by atoms with Crippen molar-refractivity contribution in [1.29, 1.82) is 5.26 Å². The lowest BCUT2D eigenvalue weighted by Crippen LogP contribution is -2.27. The number of nitrogens with one attached hydrogen (secondary N) is 2. The van der Waals surface area contributed by atoms with Crippen LogP contribution in [0.3, 0.4) is 0 Å². The van der Waals surface area contributed by atoms with Crippen LogP contribution in [-0.2, 0) is 0 Å². The van der Waals surface area contributed by atoms with Crippen LogP contribution in [0.1, 0.15) is 16.7 Å². The Bertz CT molecular complexity index is 1100.